The second-order valence-corrected chi connectivity index (χ2v) is 9.65. The van der Waals surface area contributed by atoms with Gasteiger partial charge in [0.2, 0.25) is 5.91 Å². The Morgan fingerprint density at radius 3 is 2.20 bits per heavy atom. The molecule has 3 rings (SSSR count). The Kier molecular flexibility index (Phi) is 9.42. The molecule has 35 heavy (non-hydrogen) atoms. The van der Waals surface area contributed by atoms with Crippen LogP contribution in [0.2, 0.25) is 0 Å². The maximum Gasteiger partial charge on any atom is 0.255 e. The average Bonchev–Trinajstić information content (AvgIpc) is 2.85. The lowest BCUT2D eigenvalue weighted by molar-refractivity contribution is -0.132. The van der Waals surface area contributed by atoms with Crippen LogP contribution in [0.4, 0.5) is 0 Å². The number of ketones is 1. The van der Waals surface area contributed by atoms with Crippen molar-refractivity contribution in [1.29, 1.82) is 0 Å². The van der Waals surface area contributed by atoms with E-state index in [2.05, 4.69) is 27.9 Å². The molecule has 0 aliphatic heterocycles. The Morgan fingerprint density at radius 1 is 0.886 bits per heavy atom. The van der Waals surface area contributed by atoms with Crippen LogP contribution in [0.3, 0.4) is 0 Å². The second kappa shape index (κ2) is 12.5. The fourth-order valence-corrected chi connectivity index (χ4v) is 3.92. The highest BCUT2D eigenvalue weighted by Gasteiger charge is 2.23. The number of halogens is 1. The van der Waals surface area contributed by atoms with Crippen LogP contribution in [0.1, 0.15) is 35.3 Å². The fraction of sp³-hybridized carbons (Fsp3) is 0.250. The Labute approximate surface area is 219 Å². The lowest BCUT2D eigenvalue weighted by atomic mass is 10.1. The van der Waals surface area contributed by atoms with E-state index in [0.717, 1.165) is 14.7 Å². The molecule has 0 aliphatic rings. The summed E-state index contributed by atoms with van der Waals surface area (Å²) in [5, 5.41) is 2.75. The van der Waals surface area contributed by atoms with Gasteiger partial charge in [0.25, 0.3) is 5.91 Å². The van der Waals surface area contributed by atoms with E-state index in [1.807, 2.05) is 54.6 Å². The Hall–Kier alpha value is -3.20. The molecule has 2 atom stereocenters. The van der Waals surface area contributed by atoms with Gasteiger partial charge in [-0.15, -0.1) is 0 Å². The number of Topliss-reactive ketones (excluding diaryl/α,β-unsaturated/α-hetero) is 1. The summed E-state index contributed by atoms with van der Waals surface area (Å²) < 4.78 is 6.98. The largest absolute Gasteiger partial charge is 0.482 e. The summed E-state index contributed by atoms with van der Waals surface area (Å²) in [5.41, 5.74) is 2.18. The summed E-state index contributed by atoms with van der Waals surface area (Å²) in [5.74, 6) is -0.438. The van der Waals surface area contributed by atoms with Gasteiger partial charge in [0, 0.05) is 23.6 Å². The molecule has 0 unspecified atom stereocenters. The minimum absolute atomic E-state index is 0.0903. The topological polar surface area (TPSA) is 75.7 Å². The molecule has 0 aliphatic carbocycles. The number of hydrogen-bond acceptors (Lipinski definition) is 4. The molecule has 1 N–H and O–H groups in total. The molecular formula is C28H29IN2O4. The first-order valence-corrected chi connectivity index (χ1v) is 12.4. The van der Waals surface area contributed by atoms with Gasteiger partial charge in [0.05, 0.1) is 5.56 Å². The first-order chi connectivity index (χ1) is 16.7. The van der Waals surface area contributed by atoms with Gasteiger partial charge < -0.3 is 15.0 Å². The smallest absolute Gasteiger partial charge is 0.255 e. The molecule has 0 heterocycles. The minimum Gasteiger partial charge on any atom is -0.482 e. The molecule has 0 aromatic heterocycles. The van der Waals surface area contributed by atoms with Gasteiger partial charge in [-0.2, -0.15) is 0 Å². The maximum atomic E-state index is 13.0. The molecule has 3 aromatic carbocycles. The van der Waals surface area contributed by atoms with E-state index in [0.29, 0.717) is 12.3 Å². The van der Waals surface area contributed by atoms with E-state index < -0.39 is 18.1 Å². The van der Waals surface area contributed by atoms with Crippen molar-refractivity contribution in [2.45, 2.75) is 39.0 Å². The zero-order chi connectivity index (χ0) is 25.4. The van der Waals surface area contributed by atoms with Crippen molar-refractivity contribution in [2.75, 3.05) is 7.05 Å². The molecule has 3 aromatic rings. The van der Waals surface area contributed by atoms with Crippen LogP contribution in [0, 0.1) is 3.57 Å². The highest BCUT2D eigenvalue weighted by Crippen LogP contribution is 2.20. The van der Waals surface area contributed by atoms with Crippen LogP contribution in [0.5, 0.6) is 5.75 Å². The number of nitrogens with one attached hydrogen (secondary N) is 1. The number of ether oxygens (including phenoxy) is 1. The van der Waals surface area contributed by atoms with E-state index in [4.69, 9.17) is 4.74 Å². The summed E-state index contributed by atoms with van der Waals surface area (Å²) in [6.07, 6.45) is -0.495. The minimum atomic E-state index is -0.737. The third-order valence-corrected chi connectivity index (χ3v) is 6.26. The number of rotatable bonds is 10. The Balaban J connectivity index is 1.61. The maximum absolute atomic E-state index is 13.0. The number of hydrogen-bond donors (Lipinski definition) is 1. The van der Waals surface area contributed by atoms with Crippen molar-refractivity contribution >= 4 is 40.2 Å². The summed E-state index contributed by atoms with van der Waals surface area (Å²) >= 11 is 2.22. The van der Waals surface area contributed by atoms with Gasteiger partial charge in [0.15, 0.2) is 11.9 Å². The summed E-state index contributed by atoms with van der Waals surface area (Å²) in [6, 6.07) is 23.4. The number of carbonyl (C=O) groups is 3. The van der Waals surface area contributed by atoms with Crippen LogP contribution < -0.4 is 10.1 Å². The second-order valence-electron chi connectivity index (χ2n) is 8.40. The highest BCUT2D eigenvalue weighted by atomic mass is 127. The van der Waals surface area contributed by atoms with Gasteiger partial charge in [-0.25, -0.2) is 0 Å². The zero-order valence-corrected chi connectivity index (χ0v) is 22.2. The van der Waals surface area contributed by atoms with Crippen LogP contribution in [-0.2, 0) is 22.6 Å². The Bertz CT molecular complexity index is 1170. The van der Waals surface area contributed by atoms with Crippen LogP contribution in [0.25, 0.3) is 0 Å². The predicted octanol–water partition coefficient (Wildman–Crippen LogP) is 4.65. The number of para-hydroxylation sites is 1. The average molecular weight is 584 g/mol. The Morgan fingerprint density at radius 2 is 1.51 bits per heavy atom. The van der Waals surface area contributed by atoms with Gasteiger partial charge >= 0.3 is 0 Å². The molecule has 6 nitrogen and oxygen atoms in total. The van der Waals surface area contributed by atoms with Crippen molar-refractivity contribution in [3.05, 3.63) is 99.1 Å². The monoisotopic (exact) mass is 584 g/mol. The number of benzene rings is 3. The summed E-state index contributed by atoms with van der Waals surface area (Å²) in [6.45, 7) is 3.77. The molecule has 0 radical (unpaired) electrons. The van der Waals surface area contributed by atoms with E-state index >= 15 is 0 Å². The van der Waals surface area contributed by atoms with Crippen molar-refractivity contribution < 1.29 is 19.1 Å². The highest BCUT2D eigenvalue weighted by molar-refractivity contribution is 14.1. The standard InChI is InChI=1S/C28H29IN2O4/c1-19(28(34)31(3)18-22-9-5-4-6-10-22)30-27(33)24-11-7-8-12-26(24)35-20(2)25(32)17-21-13-15-23(29)16-14-21/h4-16,19-20H,17-18H2,1-3H3,(H,30,33)/t19-,20-/m1/s1. The number of carbonyl (C=O) groups excluding carboxylic acids is 3. The number of nitrogens with zero attached hydrogens (tertiary/aromatic N) is 1. The zero-order valence-electron chi connectivity index (χ0n) is 20.0. The molecule has 0 saturated heterocycles. The van der Waals surface area contributed by atoms with E-state index in [1.165, 1.54) is 0 Å². The van der Waals surface area contributed by atoms with E-state index in [-0.39, 0.29) is 23.7 Å². The van der Waals surface area contributed by atoms with Crippen molar-refractivity contribution in [1.82, 2.24) is 10.2 Å². The quantitative estimate of drug-likeness (QED) is 0.353. The van der Waals surface area contributed by atoms with Gasteiger partial charge in [-0.3, -0.25) is 14.4 Å². The lowest BCUT2D eigenvalue weighted by Crippen LogP contribution is -2.45. The molecule has 0 saturated carbocycles. The number of likely N-dealkylation sites (N-methyl/N-ethyl adjacent to an activating group) is 1. The molecule has 7 heteroatoms. The van der Waals surface area contributed by atoms with Crippen molar-refractivity contribution in [3.8, 4) is 5.75 Å². The third-order valence-electron chi connectivity index (χ3n) is 5.54. The lowest BCUT2D eigenvalue weighted by Gasteiger charge is -2.23. The van der Waals surface area contributed by atoms with E-state index in [1.54, 1.807) is 50.1 Å². The normalized spacial score (nSPS) is 12.3. The first-order valence-electron chi connectivity index (χ1n) is 11.4. The summed E-state index contributed by atoms with van der Waals surface area (Å²) in [7, 11) is 1.70. The predicted molar refractivity (Wildman–Crippen MR) is 144 cm³/mol. The van der Waals surface area contributed by atoms with E-state index in [9.17, 15) is 14.4 Å². The van der Waals surface area contributed by atoms with Crippen molar-refractivity contribution in [3.63, 3.8) is 0 Å². The molecule has 0 spiro atoms. The SMILES string of the molecule is C[C@@H](NC(=O)c1ccccc1O[C@H](C)C(=O)Cc1ccc(I)cc1)C(=O)N(C)Cc1ccccc1. The molecule has 2 amide bonds. The fourth-order valence-electron chi connectivity index (χ4n) is 3.56. The van der Waals surface area contributed by atoms with Gasteiger partial charge in [0.1, 0.15) is 11.8 Å². The first kappa shape index (κ1) is 26.4. The molecule has 0 fully saturated rings. The molecule has 0 bridgehead atoms. The third kappa shape index (κ3) is 7.65. The number of amides is 2. The van der Waals surface area contributed by atoms with Crippen LogP contribution in [-0.4, -0.2) is 41.7 Å². The van der Waals surface area contributed by atoms with Gasteiger partial charge in [-0.05, 0) is 71.8 Å². The van der Waals surface area contributed by atoms with Gasteiger partial charge in [-0.1, -0.05) is 54.6 Å². The van der Waals surface area contributed by atoms with Crippen LogP contribution in [0.15, 0.2) is 78.9 Å². The summed E-state index contributed by atoms with van der Waals surface area (Å²) in [4.78, 5) is 40.1. The van der Waals surface area contributed by atoms with Crippen molar-refractivity contribution in [2.24, 2.45) is 0 Å². The molecule has 182 valence electrons. The molecular weight excluding hydrogens is 555 g/mol. The van der Waals surface area contributed by atoms with Crippen LogP contribution >= 0.6 is 22.6 Å².